The highest BCUT2D eigenvalue weighted by atomic mass is 16.5. The third-order valence-corrected chi connectivity index (χ3v) is 12.4. The van der Waals surface area contributed by atoms with Crippen LogP contribution >= 0.6 is 0 Å². The van der Waals surface area contributed by atoms with Crippen molar-refractivity contribution in [3.8, 4) is 11.5 Å². The molecule has 1 N–H and O–H groups in total. The highest BCUT2D eigenvalue weighted by molar-refractivity contribution is 5.46. The molecule has 39 heavy (non-hydrogen) atoms. The Kier molecular flexibility index (Phi) is 6.51. The monoisotopic (exact) mass is 528 g/mol. The average Bonchev–Trinajstić information content (AvgIpc) is 2.97. The second-order valence-electron chi connectivity index (χ2n) is 13.9. The number of fused-ring (bicyclic) bond motifs is 2. The van der Waals surface area contributed by atoms with Crippen LogP contribution in [0.15, 0.2) is 36.4 Å². The number of nitrogens with zero attached hydrogens (tertiary/aromatic N) is 2. The van der Waals surface area contributed by atoms with E-state index < -0.39 is 0 Å². The van der Waals surface area contributed by atoms with Gasteiger partial charge in [0.25, 0.3) is 0 Å². The summed E-state index contributed by atoms with van der Waals surface area (Å²) in [5, 5.41) is 9.91. The fourth-order valence-corrected chi connectivity index (χ4v) is 10.5. The summed E-state index contributed by atoms with van der Waals surface area (Å²) >= 11 is 0. The zero-order chi connectivity index (χ0) is 26.8. The quantitative estimate of drug-likeness (QED) is 0.461. The Labute approximate surface area is 235 Å². The molecule has 2 saturated carbocycles. The molecular formula is C35H48N2O2. The molecule has 210 valence electrons. The predicted octanol–water partition coefficient (Wildman–Crippen LogP) is 6.46. The summed E-state index contributed by atoms with van der Waals surface area (Å²) < 4.78 is 5.51. The molecule has 2 aliphatic heterocycles. The van der Waals surface area contributed by atoms with E-state index in [1.165, 1.54) is 101 Å². The van der Waals surface area contributed by atoms with Gasteiger partial charge < -0.3 is 19.6 Å². The number of likely N-dealkylation sites (tertiary alicyclic amines) is 2. The summed E-state index contributed by atoms with van der Waals surface area (Å²) in [6.07, 6.45) is 16.1. The van der Waals surface area contributed by atoms with Crippen LogP contribution < -0.4 is 4.74 Å². The van der Waals surface area contributed by atoms with Gasteiger partial charge in [0.2, 0.25) is 0 Å². The Balaban J connectivity index is 0.000000130. The zero-order valence-corrected chi connectivity index (χ0v) is 24.4. The number of rotatable bonds is 1. The van der Waals surface area contributed by atoms with Gasteiger partial charge in [0, 0.05) is 22.9 Å². The van der Waals surface area contributed by atoms with Crippen molar-refractivity contribution in [3.63, 3.8) is 0 Å². The Morgan fingerprint density at radius 2 is 1.26 bits per heavy atom. The lowest BCUT2D eigenvalue weighted by atomic mass is 9.52. The van der Waals surface area contributed by atoms with E-state index in [1.807, 2.05) is 6.07 Å². The van der Waals surface area contributed by atoms with E-state index >= 15 is 0 Å². The minimum atomic E-state index is 0.377. The molecular weight excluding hydrogens is 480 g/mol. The molecule has 4 heteroatoms. The van der Waals surface area contributed by atoms with Crippen molar-refractivity contribution in [2.24, 2.45) is 11.8 Å². The van der Waals surface area contributed by atoms with Gasteiger partial charge in [0.15, 0.2) is 0 Å². The van der Waals surface area contributed by atoms with E-state index in [0.717, 1.165) is 29.7 Å². The smallest absolute Gasteiger partial charge is 0.119 e. The number of hydrogen-bond donors (Lipinski definition) is 1. The van der Waals surface area contributed by atoms with Crippen LogP contribution in [-0.4, -0.2) is 61.3 Å². The third-order valence-electron chi connectivity index (χ3n) is 12.4. The first-order valence-corrected chi connectivity index (χ1v) is 15.9. The van der Waals surface area contributed by atoms with Gasteiger partial charge in [0.1, 0.15) is 11.5 Å². The second kappa shape index (κ2) is 9.80. The van der Waals surface area contributed by atoms with Crippen LogP contribution in [0.2, 0.25) is 0 Å². The van der Waals surface area contributed by atoms with Gasteiger partial charge in [-0.1, -0.05) is 37.8 Å². The van der Waals surface area contributed by atoms with Crippen molar-refractivity contribution in [2.45, 2.75) is 100.0 Å². The number of ether oxygens (including phenoxy) is 1. The molecule has 0 unspecified atom stereocenters. The summed E-state index contributed by atoms with van der Waals surface area (Å²) in [5.41, 5.74) is 7.03. The maximum absolute atomic E-state index is 9.91. The molecule has 0 amide bonds. The molecule has 4 nitrogen and oxygen atoms in total. The van der Waals surface area contributed by atoms with Crippen molar-refractivity contribution in [3.05, 3.63) is 58.7 Å². The molecule has 2 aromatic carbocycles. The summed E-state index contributed by atoms with van der Waals surface area (Å²) in [6, 6.07) is 14.4. The van der Waals surface area contributed by atoms with Crippen LogP contribution in [0.1, 0.15) is 86.5 Å². The molecule has 4 bridgehead atoms. The van der Waals surface area contributed by atoms with Crippen LogP contribution in [0.3, 0.4) is 0 Å². The molecule has 0 radical (unpaired) electrons. The van der Waals surface area contributed by atoms with Crippen molar-refractivity contribution < 1.29 is 9.84 Å². The fraction of sp³-hybridized carbons (Fsp3) is 0.657. The molecule has 2 saturated heterocycles. The Morgan fingerprint density at radius 1 is 0.718 bits per heavy atom. The SMILES string of the molecule is CN1CC[C@]23CCCC[C@H]2[C@H]1Cc1ccc(O)cc13.COc1ccc2c(c1)[C@]13CCCC[C@@H]1[C@H](C2)N(C)CC3. The van der Waals surface area contributed by atoms with Gasteiger partial charge in [0.05, 0.1) is 7.11 Å². The van der Waals surface area contributed by atoms with Crippen molar-refractivity contribution in [1.29, 1.82) is 0 Å². The third kappa shape index (κ3) is 3.99. The molecule has 2 heterocycles. The number of piperidine rings is 2. The molecule has 0 spiro atoms. The zero-order valence-electron chi connectivity index (χ0n) is 24.4. The van der Waals surface area contributed by atoms with Crippen molar-refractivity contribution >= 4 is 0 Å². The molecule has 4 fully saturated rings. The number of hydrogen-bond acceptors (Lipinski definition) is 4. The normalized spacial score (nSPS) is 36.8. The van der Waals surface area contributed by atoms with Gasteiger partial charge in [-0.3, -0.25) is 0 Å². The number of phenols is 1. The van der Waals surface area contributed by atoms with Crippen molar-refractivity contribution in [1.82, 2.24) is 9.80 Å². The largest absolute Gasteiger partial charge is 0.508 e. The summed E-state index contributed by atoms with van der Waals surface area (Å²) in [6.45, 7) is 2.48. The Bertz CT molecular complexity index is 1230. The van der Waals surface area contributed by atoms with E-state index in [-0.39, 0.29) is 0 Å². The van der Waals surface area contributed by atoms with Gasteiger partial charge in [-0.05, 0) is 137 Å². The van der Waals surface area contributed by atoms with E-state index in [1.54, 1.807) is 18.2 Å². The Hall–Kier alpha value is -2.04. The first kappa shape index (κ1) is 25.9. The fourth-order valence-electron chi connectivity index (χ4n) is 10.5. The van der Waals surface area contributed by atoms with E-state index in [2.05, 4.69) is 54.2 Å². The van der Waals surface area contributed by atoms with Gasteiger partial charge in [-0.2, -0.15) is 0 Å². The summed E-state index contributed by atoms with van der Waals surface area (Å²) in [5.74, 6) is 3.18. The summed E-state index contributed by atoms with van der Waals surface area (Å²) in [7, 11) is 6.42. The molecule has 6 atom stereocenters. The van der Waals surface area contributed by atoms with Gasteiger partial charge >= 0.3 is 0 Å². The highest BCUT2D eigenvalue weighted by Gasteiger charge is 2.54. The maximum atomic E-state index is 9.91. The molecule has 6 aliphatic rings. The number of likely N-dealkylation sites (N-methyl/N-ethyl adjacent to an activating group) is 2. The molecule has 4 aliphatic carbocycles. The Morgan fingerprint density at radius 3 is 1.82 bits per heavy atom. The lowest BCUT2D eigenvalue weighted by Gasteiger charge is -2.58. The predicted molar refractivity (Wildman–Crippen MR) is 158 cm³/mol. The van der Waals surface area contributed by atoms with Crippen LogP contribution in [-0.2, 0) is 23.7 Å². The van der Waals surface area contributed by atoms with E-state index in [0.29, 0.717) is 16.6 Å². The van der Waals surface area contributed by atoms with E-state index in [4.69, 9.17) is 4.74 Å². The first-order chi connectivity index (χ1) is 18.9. The average molecular weight is 529 g/mol. The first-order valence-electron chi connectivity index (χ1n) is 15.9. The second-order valence-corrected chi connectivity index (χ2v) is 13.9. The minimum absolute atomic E-state index is 0.377. The minimum Gasteiger partial charge on any atom is -0.508 e. The van der Waals surface area contributed by atoms with Crippen molar-refractivity contribution in [2.75, 3.05) is 34.3 Å². The number of methoxy groups -OCH3 is 1. The lowest BCUT2D eigenvalue weighted by Crippen LogP contribution is -2.59. The standard InChI is InChI=1S/C18H25NO.C17H23NO/c1-19-10-9-18-8-4-3-5-15(18)17(19)11-13-6-7-14(20-2)12-16(13)18;1-18-9-8-17-7-3-2-4-14(17)16(18)10-12-5-6-13(19)11-15(12)17/h6-7,12,15,17H,3-5,8-11H2,1-2H3;5-6,11,14,16,19H,2-4,7-10H2,1H3/t15-,17+,18+;14-,16+,17+/m10/s1. The van der Waals surface area contributed by atoms with Crippen LogP contribution in [0.4, 0.5) is 0 Å². The van der Waals surface area contributed by atoms with Gasteiger partial charge in [-0.25, -0.2) is 0 Å². The number of benzene rings is 2. The summed E-state index contributed by atoms with van der Waals surface area (Å²) in [4.78, 5) is 5.21. The van der Waals surface area contributed by atoms with Gasteiger partial charge in [-0.15, -0.1) is 0 Å². The lowest BCUT2D eigenvalue weighted by molar-refractivity contribution is 0.00272. The highest BCUT2D eigenvalue weighted by Crippen LogP contribution is 2.57. The molecule has 8 rings (SSSR count). The van der Waals surface area contributed by atoms with Crippen LogP contribution in [0, 0.1) is 11.8 Å². The van der Waals surface area contributed by atoms with Crippen LogP contribution in [0.25, 0.3) is 0 Å². The topological polar surface area (TPSA) is 35.9 Å². The molecule has 0 aromatic heterocycles. The van der Waals surface area contributed by atoms with E-state index in [9.17, 15) is 5.11 Å². The maximum Gasteiger partial charge on any atom is 0.119 e. The number of aromatic hydroxyl groups is 1. The molecule has 2 aromatic rings. The number of phenolic OH excluding ortho intramolecular Hbond substituents is 1. The van der Waals surface area contributed by atoms with Crippen LogP contribution in [0.5, 0.6) is 11.5 Å².